The molecule has 1 heterocycles. The minimum Gasteiger partial charge on any atom is -0.314 e. The van der Waals surface area contributed by atoms with E-state index in [0.29, 0.717) is 6.04 Å². The summed E-state index contributed by atoms with van der Waals surface area (Å²) >= 11 is 6.04. The zero-order valence-electron chi connectivity index (χ0n) is 11.0. The number of rotatable bonds is 4. The molecule has 2 rings (SSSR count). The molecule has 0 spiro atoms. The van der Waals surface area contributed by atoms with Gasteiger partial charge >= 0.3 is 0 Å². The number of piperazine rings is 1. The lowest BCUT2D eigenvalue weighted by molar-refractivity contribution is 0.174. The SMILES string of the molecule is C=CC[C@@H](c1ccc(Cl)cc1C)N1CCNCC1. The lowest BCUT2D eigenvalue weighted by Crippen LogP contribution is -2.45. The second-order valence-corrected chi connectivity index (χ2v) is 5.26. The molecule has 1 aromatic carbocycles. The maximum Gasteiger partial charge on any atom is 0.0408 e. The van der Waals surface area contributed by atoms with Gasteiger partial charge in [-0.1, -0.05) is 23.7 Å². The molecule has 0 amide bonds. The van der Waals surface area contributed by atoms with Crippen LogP contribution in [-0.4, -0.2) is 31.1 Å². The van der Waals surface area contributed by atoms with Crippen molar-refractivity contribution in [1.82, 2.24) is 10.2 Å². The molecule has 1 N–H and O–H groups in total. The number of halogens is 1. The molecule has 0 aliphatic carbocycles. The van der Waals surface area contributed by atoms with Crippen molar-refractivity contribution >= 4 is 11.6 Å². The van der Waals surface area contributed by atoms with Crippen molar-refractivity contribution in [3.05, 3.63) is 47.0 Å². The lowest BCUT2D eigenvalue weighted by atomic mass is 9.97. The number of nitrogens with zero attached hydrogens (tertiary/aromatic N) is 1. The molecule has 0 bridgehead atoms. The molecule has 1 aliphatic rings. The van der Waals surface area contributed by atoms with Gasteiger partial charge in [0, 0.05) is 37.2 Å². The van der Waals surface area contributed by atoms with Gasteiger partial charge in [0.25, 0.3) is 0 Å². The molecule has 1 saturated heterocycles. The Bertz CT molecular complexity index is 411. The van der Waals surface area contributed by atoms with Gasteiger partial charge < -0.3 is 5.32 Å². The monoisotopic (exact) mass is 264 g/mol. The Hall–Kier alpha value is -0.830. The molecule has 3 heteroatoms. The summed E-state index contributed by atoms with van der Waals surface area (Å²) in [5, 5.41) is 4.21. The predicted octanol–water partition coefficient (Wildman–Crippen LogP) is 3.17. The van der Waals surface area contributed by atoms with E-state index in [0.717, 1.165) is 37.6 Å². The Morgan fingerprint density at radius 2 is 2.17 bits per heavy atom. The summed E-state index contributed by atoms with van der Waals surface area (Å²) in [7, 11) is 0. The van der Waals surface area contributed by atoms with Gasteiger partial charge in [-0.25, -0.2) is 0 Å². The Morgan fingerprint density at radius 1 is 1.44 bits per heavy atom. The van der Waals surface area contributed by atoms with Gasteiger partial charge in [-0.2, -0.15) is 0 Å². The minimum absolute atomic E-state index is 0.432. The maximum absolute atomic E-state index is 6.04. The Labute approximate surface area is 115 Å². The largest absolute Gasteiger partial charge is 0.314 e. The summed E-state index contributed by atoms with van der Waals surface area (Å²) in [6.07, 6.45) is 3.00. The highest BCUT2D eigenvalue weighted by atomic mass is 35.5. The fourth-order valence-electron chi connectivity index (χ4n) is 2.64. The predicted molar refractivity (Wildman–Crippen MR) is 78.2 cm³/mol. The van der Waals surface area contributed by atoms with Crippen LogP contribution in [0, 0.1) is 6.92 Å². The summed E-state index contributed by atoms with van der Waals surface area (Å²) in [5.41, 5.74) is 2.65. The first-order valence-electron chi connectivity index (χ1n) is 6.54. The van der Waals surface area contributed by atoms with E-state index in [1.54, 1.807) is 0 Å². The van der Waals surface area contributed by atoms with Crippen LogP contribution in [0.2, 0.25) is 5.02 Å². The third kappa shape index (κ3) is 3.14. The van der Waals surface area contributed by atoms with Crippen molar-refractivity contribution in [3.63, 3.8) is 0 Å². The number of hydrogen-bond acceptors (Lipinski definition) is 2. The molecular weight excluding hydrogens is 244 g/mol. The Balaban J connectivity index is 2.24. The fourth-order valence-corrected chi connectivity index (χ4v) is 2.86. The highest BCUT2D eigenvalue weighted by Gasteiger charge is 2.22. The van der Waals surface area contributed by atoms with Crippen LogP contribution in [0.25, 0.3) is 0 Å². The number of nitrogens with one attached hydrogen (secondary N) is 1. The van der Waals surface area contributed by atoms with Crippen LogP contribution in [0.1, 0.15) is 23.6 Å². The topological polar surface area (TPSA) is 15.3 Å². The maximum atomic E-state index is 6.04. The summed E-state index contributed by atoms with van der Waals surface area (Å²) in [4.78, 5) is 2.54. The average Bonchev–Trinajstić information content (AvgIpc) is 2.38. The van der Waals surface area contributed by atoms with E-state index >= 15 is 0 Å². The standard InChI is InChI=1S/C15H21ClN2/c1-3-4-15(18-9-7-17-8-10-18)14-6-5-13(16)11-12(14)2/h3,5-6,11,15,17H,1,4,7-10H2,2H3/t15-/m0/s1. The molecular formula is C15H21ClN2. The van der Waals surface area contributed by atoms with Gasteiger partial charge in [0.2, 0.25) is 0 Å². The van der Waals surface area contributed by atoms with E-state index in [1.165, 1.54) is 11.1 Å². The van der Waals surface area contributed by atoms with Crippen molar-refractivity contribution < 1.29 is 0 Å². The van der Waals surface area contributed by atoms with Gasteiger partial charge in [-0.3, -0.25) is 4.90 Å². The average molecular weight is 265 g/mol. The smallest absolute Gasteiger partial charge is 0.0408 e. The minimum atomic E-state index is 0.432. The van der Waals surface area contributed by atoms with E-state index in [2.05, 4.69) is 35.9 Å². The molecule has 1 aliphatic heterocycles. The van der Waals surface area contributed by atoms with Crippen LogP contribution in [-0.2, 0) is 0 Å². The van der Waals surface area contributed by atoms with Crippen molar-refractivity contribution in [1.29, 1.82) is 0 Å². The highest BCUT2D eigenvalue weighted by molar-refractivity contribution is 6.30. The van der Waals surface area contributed by atoms with Crippen molar-refractivity contribution in [2.45, 2.75) is 19.4 Å². The molecule has 0 aromatic heterocycles. The first-order valence-corrected chi connectivity index (χ1v) is 6.92. The van der Waals surface area contributed by atoms with Crippen molar-refractivity contribution in [2.75, 3.05) is 26.2 Å². The first-order chi connectivity index (χ1) is 8.72. The van der Waals surface area contributed by atoms with Crippen LogP contribution in [0.3, 0.4) is 0 Å². The van der Waals surface area contributed by atoms with Gasteiger partial charge in [-0.05, 0) is 36.6 Å². The van der Waals surface area contributed by atoms with Crippen LogP contribution < -0.4 is 5.32 Å². The van der Waals surface area contributed by atoms with Crippen molar-refractivity contribution in [2.24, 2.45) is 0 Å². The van der Waals surface area contributed by atoms with E-state index < -0.39 is 0 Å². The normalized spacial score (nSPS) is 18.6. The molecule has 98 valence electrons. The second-order valence-electron chi connectivity index (χ2n) is 4.83. The summed E-state index contributed by atoms with van der Waals surface area (Å²) in [5.74, 6) is 0. The molecule has 0 saturated carbocycles. The molecule has 1 fully saturated rings. The Kier molecular flexibility index (Phi) is 4.81. The molecule has 2 nitrogen and oxygen atoms in total. The lowest BCUT2D eigenvalue weighted by Gasteiger charge is -2.35. The quantitative estimate of drug-likeness (QED) is 0.841. The molecule has 1 aromatic rings. The molecule has 18 heavy (non-hydrogen) atoms. The number of hydrogen-bond donors (Lipinski definition) is 1. The highest BCUT2D eigenvalue weighted by Crippen LogP contribution is 2.29. The van der Waals surface area contributed by atoms with E-state index in [1.807, 2.05) is 12.1 Å². The second kappa shape index (κ2) is 6.37. The fraction of sp³-hybridized carbons (Fsp3) is 0.467. The third-order valence-electron chi connectivity index (χ3n) is 3.57. The number of aryl methyl sites for hydroxylation is 1. The van der Waals surface area contributed by atoms with Gasteiger partial charge in [-0.15, -0.1) is 6.58 Å². The molecule has 0 radical (unpaired) electrons. The zero-order chi connectivity index (χ0) is 13.0. The molecule has 1 atom stereocenters. The first kappa shape index (κ1) is 13.6. The zero-order valence-corrected chi connectivity index (χ0v) is 11.7. The summed E-state index contributed by atoms with van der Waals surface area (Å²) in [6.45, 7) is 10.4. The van der Waals surface area contributed by atoms with Gasteiger partial charge in [0.05, 0.1) is 0 Å². The Morgan fingerprint density at radius 3 is 2.78 bits per heavy atom. The van der Waals surface area contributed by atoms with Crippen molar-refractivity contribution in [3.8, 4) is 0 Å². The third-order valence-corrected chi connectivity index (χ3v) is 3.81. The van der Waals surface area contributed by atoms with Crippen LogP contribution in [0.5, 0.6) is 0 Å². The van der Waals surface area contributed by atoms with Crippen LogP contribution in [0.15, 0.2) is 30.9 Å². The van der Waals surface area contributed by atoms with Gasteiger partial charge in [0.1, 0.15) is 0 Å². The van der Waals surface area contributed by atoms with E-state index in [-0.39, 0.29) is 0 Å². The summed E-state index contributed by atoms with van der Waals surface area (Å²) in [6, 6.07) is 6.63. The van der Waals surface area contributed by atoms with Gasteiger partial charge in [0.15, 0.2) is 0 Å². The van der Waals surface area contributed by atoms with E-state index in [4.69, 9.17) is 11.6 Å². The van der Waals surface area contributed by atoms with Crippen LogP contribution >= 0.6 is 11.6 Å². The summed E-state index contributed by atoms with van der Waals surface area (Å²) < 4.78 is 0. The molecule has 0 unspecified atom stereocenters. The number of benzene rings is 1. The van der Waals surface area contributed by atoms with Crippen LogP contribution in [0.4, 0.5) is 0 Å². The van der Waals surface area contributed by atoms with E-state index in [9.17, 15) is 0 Å².